The smallest absolute Gasteiger partial charge is 0.0425 e. The molecule has 1 aliphatic rings. The van der Waals surface area contributed by atoms with Crippen molar-refractivity contribution in [1.29, 1.82) is 0 Å². The van der Waals surface area contributed by atoms with Gasteiger partial charge in [-0.05, 0) is 24.5 Å². The fourth-order valence-electron chi connectivity index (χ4n) is 1.95. The third-order valence-corrected chi connectivity index (χ3v) is 2.73. The lowest BCUT2D eigenvalue weighted by Crippen LogP contribution is -2.33. The lowest BCUT2D eigenvalue weighted by Gasteiger charge is -2.23. The molecule has 0 unspecified atom stereocenters. The summed E-state index contributed by atoms with van der Waals surface area (Å²) in [5, 5.41) is 0. The molecule has 1 saturated carbocycles. The van der Waals surface area contributed by atoms with Crippen LogP contribution in [0, 0.1) is 0 Å². The first-order valence-corrected chi connectivity index (χ1v) is 4.51. The van der Waals surface area contributed by atoms with Gasteiger partial charge in [-0.25, -0.2) is 0 Å². The molecule has 0 atom stereocenters. The van der Waals surface area contributed by atoms with E-state index in [4.69, 9.17) is 5.73 Å². The van der Waals surface area contributed by atoms with Crippen LogP contribution in [-0.4, -0.2) is 4.98 Å². The largest absolute Gasteiger partial charge is 0.321 e. The third kappa shape index (κ3) is 2.01. The average Bonchev–Trinajstić information content (AvgIpc) is 2.55. The van der Waals surface area contributed by atoms with Crippen LogP contribution in [0.3, 0.4) is 0 Å². The van der Waals surface area contributed by atoms with E-state index in [2.05, 4.69) is 11.1 Å². The Kier molecular flexibility index (Phi) is 3.28. The second kappa shape index (κ2) is 4.07. The number of aromatic nitrogens is 1. The van der Waals surface area contributed by atoms with E-state index in [9.17, 15) is 0 Å². The number of hydrogen-bond acceptors (Lipinski definition) is 2. The molecule has 0 aromatic carbocycles. The topological polar surface area (TPSA) is 38.9 Å². The highest BCUT2D eigenvalue weighted by molar-refractivity contribution is 5.85. The van der Waals surface area contributed by atoms with Crippen molar-refractivity contribution < 1.29 is 0 Å². The molecule has 1 aromatic heterocycles. The van der Waals surface area contributed by atoms with Gasteiger partial charge in [-0.15, -0.1) is 12.4 Å². The summed E-state index contributed by atoms with van der Waals surface area (Å²) >= 11 is 0. The molecule has 0 saturated heterocycles. The summed E-state index contributed by atoms with van der Waals surface area (Å²) in [6.45, 7) is 0. The van der Waals surface area contributed by atoms with Gasteiger partial charge in [0.15, 0.2) is 0 Å². The fraction of sp³-hybridized carbons (Fsp3) is 0.500. The predicted octanol–water partition coefficient (Wildman–Crippen LogP) is 2.23. The maximum Gasteiger partial charge on any atom is 0.0425 e. The molecule has 0 bridgehead atoms. The Balaban J connectivity index is 0.000000845. The number of nitrogens with two attached hydrogens (primary N) is 1. The highest BCUT2D eigenvalue weighted by Gasteiger charge is 2.30. The first-order chi connectivity index (χ1) is 5.81. The Morgan fingerprint density at radius 3 is 2.54 bits per heavy atom. The van der Waals surface area contributed by atoms with Gasteiger partial charge in [0.2, 0.25) is 0 Å². The molecule has 0 amide bonds. The Morgan fingerprint density at radius 2 is 2.00 bits per heavy atom. The number of pyridine rings is 1. The van der Waals surface area contributed by atoms with Crippen molar-refractivity contribution in [3.05, 3.63) is 30.1 Å². The summed E-state index contributed by atoms with van der Waals surface area (Å²) in [6, 6.07) is 4.04. The van der Waals surface area contributed by atoms with E-state index < -0.39 is 0 Å². The minimum atomic E-state index is -0.0751. The summed E-state index contributed by atoms with van der Waals surface area (Å²) in [5.41, 5.74) is 7.36. The van der Waals surface area contributed by atoms with Crippen LogP contribution in [0.15, 0.2) is 24.5 Å². The van der Waals surface area contributed by atoms with Gasteiger partial charge in [0.25, 0.3) is 0 Å². The molecular formula is C10H15ClN2. The highest BCUT2D eigenvalue weighted by Crippen LogP contribution is 2.35. The molecule has 1 fully saturated rings. The summed E-state index contributed by atoms with van der Waals surface area (Å²) < 4.78 is 0. The highest BCUT2D eigenvalue weighted by atomic mass is 35.5. The lowest BCUT2D eigenvalue weighted by molar-refractivity contribution is 0.460. The van der Waals surface area contributed by atoms with Crippen LogP contribution >= 0.6 is 12.4 Å². The molecule has 2 nitrogen and oxygen atoms in total. The van der Waals surface area contributed by atoms with Crippen LogP contribution in [0.4, 0.5) is 0 Å². The molecule has 72 valence electrons. The van der Waals surface area contributed by atoms with E-state index in [1.807, 2.05) is 12.3 Å². The Morgan fingerprint density at radius 1 is 1.31 bits per heavy atom. The van der Waals surface area contributed by atoms with Gasteiger partial charge in [-0.1, -0.05) is 18.9 Å². The van der Waals surface area contributed by atoms with Gasteiger partial charge < -0.3 is 5.73 Å². The Bertz CT molecular complexity index is 255. The molecule has 0 aliphatic heterocycles. The number of rotatable bonds is 1. The van der Waals surface area contributed by atoms with Gasteiger partial charge in [-0.2, -0.15) is 0 Å². The maximum absolute atomic E-state index is 6.24. The van der Waals surface area contributed by atoms with Crippen molar-refractivity contribution in [3.8, 4) is 0 Å². The van der Waals surface area contributed by atoms with Crippen LogP contribution in [-0.2, 0) is 5.54 Å². The summed E-state index contributed by atoms with van der Waals surface area (Å²) in [7, 11) is 0. The molecule has 2 rings (SSSR count). The van der Waals surface area contributed by atoms with Gasteiger partial charge in [0.1, 0.15) is 0 Å². The second-order valence-electron chi connectivity index (χ2n) is 3.60. The standard InChI is InChI=1S/C10H14N2.ClH/c11-10(5-1-2-6-10)9-4-3-7-12-8-9;/h3-4,7-8H,1-2,5-6,11H2;1H. The number of halogens is 1. The van der Waals surface area contributed by atoms with Crippen LogP contribution in [0.5, 0.6) is 0 Å². The minimum Gasteiger partial charge on any atom is -0.321 e. The quantitative estimate of drug-likeness (QED) is 0.752. The molecule has 1 heterocycles. The SMILES string of the molecule is Cl.NC1(c2cccnc2)CCCC1. The molecule has 0 radical (unpaired) electrons. The van der Waals surface area contributed by atoms with E-state index in [0.717, 1.165) is 12.8 Å². The normalized spacial score (nSPS) is 19.5. The van der Waals surface area contributed by atoms with Crippen molar-refractivity contribution in [1.82, 2.24) is 4.98 Å². The molecule has 0 spiro atoms. The Hall–Kier alpha value is -0.600. The zero-order valence-electron chi connectivity index (χ0n) is 7.57. The number of hydrogen-bond donors (Lipinski definition) is 1. The first-order valence-electron chi connectivity index (χ1n) is 4.51. The summed E-state index contributed by atoms with van der Waals surface area (Å²) in [6.07, 6.45) is 8.42. The molecule has 1 aliphatic carbocycles. The van der Waals surface area contributed by atoms with Gasteiger partial charge in [0, 0.05) is 17.9 Å². The summed E-state index contributed by atoms with van der Waals surface area (Å²) in [5.74, 6) is 0. The monoisotopic (exact) mass is 198 g/mol. The van der Waals surface area contributed by atoms with E-state index >= 15 is 0 Å². The van der Waals surface area contributed by atoms with Crippen LogP contribution in [0.25, 0.3) is 0 Å². The van der Waals surface area contributed by atoms with Crippen molar-refractivity contribution in [2.24, 2.45) is 5.73 Å². The zero-order chi connectivity index (χ0) is 8.44. The first kappa shape index (κ1) is 10.5. The van der Waals surface area contributed by atoms with Gasteiger partial charge in [-0.3, -0.25) is 4.98 Å². The van der Waals surface area contributed by atoms with E-state index in [1.54, 1.807) is 6.20 Å². The maximum atomic E-state index is 6.24. The van der Waals surface area contributed by atoms with Crippen molar-refractivity contribution in [2.45, 2.75) is 31.2 Å². The van der Waals surface area contributed by atoms with Crippen molar-refractivity contribution in [3.63, 3.8) is 0 Å². The van der Waals surface area contributed by atoms with Crippen LogP contribution in [0.2, 0.25) is 0 Å². The van der Waals surface area contributed by atoms with Gasteiger partial charge in [0.05, 0.1) is 0 Å². The van der Waals surface area contributed by atoms with Gasteiger partial charge >= 0.3 is 0 Å². The number of nitrogens with zero attached hydrogens (tertiary/aromatic N) is 1. The van der Waals surface area contributed by atoms with E-state index in [-0.39, 0.29) is 17.9 Å². The van der Waals surface area contributed by atoms with E-state index in [1.165, 1.54) is 18.4 Å². The predicted molar refractivity (Wildman–Crippen MR) is 55.8 cm³/mol. The Labute approximate surface area is 85.0 Å². The minimum absolute atomic E-state index is 0. The fourth-order valence-corrected chi connectivity index (χ4v) is 1.95. The van der Waals surface area contributed by atoms with Crippen molar-refractivity contribution >= 4 is 12.4 Å². The zero-order valence-corrected chi connectivity index (χ0v) is 8.39. The molecule has 13 heavy (non-hydrogen) atoms. The van der Waals surface area contributed by atoms with Crippen LogP contribution in [0.1, 0.15) is 31.2 Å². The summed E-state index contributed by atoms with van der Waals surface area (Å²) in [4.78, 5) is 4.09. The third-order valence-electron chi connectivity index (χ3n) is 2.73. The van der Waals surface area contributed by atoms with Crippen molar-refractivity contribution in [2.75, 3.05) is 0 Å². The molecule has 1 aromatic rings. The lowest BCUT2D eigenvalue weighted by atomic mass is 9.91. The molecule has 3 heteroatoms. The second-order valence-corrected chi connectivity index (χ2v) is 3.60. The molecular weight excluding hydrogens is 184 g/mol. The molecule has 2 N–H and O–H groups in total. The average molecular weight is 199 g/mol. The van der Waals surface area contributed by atoms with E-state index in [0.29, 0.717) is 0 Å². The van der Waals surface area contributed by atoms with Crippen LogP contribution < -0.4 is 5.73 Å².